The summed E-state index contributed by atoms with van der Waals surface area (Å²) in [5, 5.41) is 81.2. The molecule has 1 saturated heterocycles. The SMILES string of the molecule is O=C(/C=C\c1ccc(O)cc1)OC[C@H]1O[C@@H](OC2=Cc3c(O)cc(O)cc3OC2c2ccc(O)c(O)c2)[C@H](O)[C@@H](O)[C@@H]1O. The summed E-state index contributed by atoms with van der Waals surface area (Å²) >= 11 is 0. The number of phenolic OH excluding ortho intramolecular Hbond substituents is 5. The number of rotatable bonds is 7. The molecule has 1 unspecified atom stereocenters. The van der Waals surface area contributed by atoms with Crippen molar-refractivity contribution in [3.8, 4) is 34.5 Å². The highest BCUT2D eigenvalue weighted by atomic mass is 16.7. The molecule has 0 bridgehead atoms. The second-order valence-electron chi connectivity index (χ2n) is 9.86. The molecular weight excluding hydrogens is 568 g/mol. The fourth-order valence-corrected chi connectivity index (χ4v) is 4.52. The number of esters is 1. The summed E-state index contributed by atoms with van der Waals surface area (Å²) in [5.74, 6) is -2.31. The van der Waals surface area contributed by atoms with Crippen LogP contribution in [-0.2, 0) is 19.0 Å². The van der Waals surface area contributed by atoms with Gasteiger partial charge in [0.15, 0.2) is 17.6 Å². The molecule has 2 aliphatic heterocycles. The van der Waals surface area contributed by atoms with Crippen LogP contribution in [0.15, 0.2) is 66.4 Å². The van der Waals surface area contributed by atoms with Gasteiger partial charge in [-0.3, -0.25) is 0 Å². The van der Waals surface area contributed by atoms with Crippen LogP contribution in [-0.4, -0.2) is 84.1 Å². The average Bonchev–Trinajstić information content (AvgIpc) is 2.98. The van der Waals surface area contributed by atoms with Crippen LogP contribution in [0, 0.1) is 0 Å². The maximum absolute atomic E-state index is 12.3. The van der Waals surface area contributed by atoms with Crippen LogP contribution < -0.4 is 4.74 Å². The van der Waals surface area contributed by atoms with Gasteiger partial charge in [0.1, 0.15) is 59.8 Å². The van der Waals surface area contributed by atoms with Gasteiger partial charge < -0.3 is 59.8 Å². The molecule has 6 atom stereocenters. The van der Waals surface area contributed by atoms with Crippen molar-refractivity contribution in [2.24, 2.45) is 0 Å². The van der Waals surface area contributed by atoms with E-state index in [4.69, 9.17) is 18.9 Å². The molecule has 0 amide bonds. The van der Waals surface area contributed by atoms with Crippen LogP contribution in [0.4, 0.5) is 0 Å². The second kappa shape index (κ2) is 12.1. The molecule has 0 aliphatic carbocycles. The van der Waals surface area contributed by atoms with Gasteiger partial charge >= 0.3 is 5.97 Å². The Hall–Kier alpha value is -4.95. The van der Waals surface area contributed by atoms with E-state index >= 15 is 0 Å². The van der Waals surface area contributed by atoms with Gasteiger partial charge in [0.2, 0.25) is 6.29 Å². The quantitative estimate of drug-likeness (QED) is 0.111. The number of phenols is 5. The van der Waals surface area contributed by atoms with Crippen LogP contribution in [0.1, 0.15) is 22.8 Å². The molecule has 1 fully saturated rings. The predicted molar refractivity (Wildman–Crippen MR) is 147 cm³/mol. The lowest BCUT2D eigenvalue weighted by molar-refractivity contribution is -0.294. The highest BCUT2D eigenvalue weighted by Crippen LogP contribution is 2.45. The van der Waals surface area contributed by atoms with Crippen LogP contribution in [0.25, 0.3) is 12.2 Å². The standard InChI is InChI=1S/C30H28O13/c31-16-5-1-14(2-6-16)3-8-25(36)40-13-24-26(37)27(38)28(39)30(43-24)42-23-12-18-20(34)10-17(32)11-22(18)41-29(23)15-4-7-19(33)21(35)9-15/h1-12,24,26-35,37-39H,13H2/b8-3-/t24-,26-,27+,28-,29?,30-/m1/s1. The zero-order valence-electron chi connectivity index (χ0n) is 22.2. The minimum Gasteiger partial charge on any atom is -0.508 e. The minimum atomic E-state index is -1.79. The summed E-state index contributed by atoms with van der Waals surface area (Å²) in [6, 6.07) is 12.1. The molecule has 43 heavy (non-hydrogen) atoms. The molecule has 226 valence electrons. The van der Waals surface area contributed by atoms with E-state index in [1.165, 1.54) is 48.6 Å². The number of hydrogen-bond donors (Lipinski definition) is 8. The fraction of sp³-hybridized carbons (Fsp3) is 0.233. The van der Waals surface area contributed by atoms with Gasteiger partial charge in [0, 0.05) is 23.8 Å². The molecule has 0 aromatic heterocycles. The van der Waals surface area contributed by atoms with Crippen molar-refractivity contribution in [2.75, 3.05) is 6.61 Å². The molecule has 3 aromatic rings. The summed E-state index contributed by atoms with van der Waals surface area (Å²) in [5.41, 5.74) is 0.966. The van der Waals surface area contributed by atoms with Crippen molar-refractivity contribution in [1.29, 1.82) is 0 Å². The summed E-state index contributed by atoms with van der Waals surface area (Å²) in [6.07, 6.45) is -5.50. The lowest BCUT2D eigenvalue weighted by Crippen LogP contribution is -2.59. The Balaban J connectivity index is 1.35. The van der Waals surface area contributed by atoms with Crippen LogP contribution >= 0.6 is 0 Å². The van der Waals surface area contributed by atoms with E-state index in [0.29, 0.717) is 5.56 Å². The number of aliphatic hydroxyl groups is 3. The number of benzene rings is 3. The molecule has 13 heteroatoms. The Kier molecular flexibility index (Phi) is 8.32. The third kappa shape index (κ3) is 6.44. The van der Waals surface area contributed by atoms with E-state index in [-0.39, 0.29) is 39.9 Å². The van der Waals surface area contributed by atoms with Gasteiger partial charge in [0.05, 0.1) is 5.56 Å². The Morgan fingerprint density at radius 2 is 1.56 bits per heavy atom. The number of fused-ring (bicyclic) bond motifs is 1. The van der Waals surface area contributed by atoms with Crippen molar-refractivity contribution in [1.82, 2.24) is 0 Å². The third-order valence-corrected chi connectivity index (χ3v) is 6.81. The molecule has 5 rings (SSSR count). The van der Waals surface area contributed by atoms with E-state index in [1.54, 1.807) is 12.1 Å². The first kappa shape index (κ1) is 29.5. The highest BCUT2D eigenvalue weighted by molar-refractivity contribution is 5.87. The molecule has 0 spiro atoms. The first-order valence-electron chi connectivity index (χ1n) is 13.0. The van der Waals surface area contributed by atoms with Gasteiger partial charge in [-0.05, 0) is 42.0 Å². The topological polar surface area (TPSA) is 216 Å². The van der Waals surface area contributed by atoms with Crippen LogP contribution in [0.3, 0.4) is 0 Å². The smallest absolute Gasteiger partial charge is 0.330 e. The zero-order chi connectivity index (χ0) is 30.8. The van der Waals surface area contributed by atoms with E-state index in [9.17, 15) is 45.6 Å². The number of ether oxygens (including phenoxy) is 4. The van der Waals surface area contributed by atoms with Crippen molar-refractivity contribution in [2.45, 2.75) is 36.8 Å². The number of carbonyl (C=O) groups excluding carboxylic acids is 1. The normalized spacial score (nSPS) is 25.0. The van der Waals surface area contributed by atoms with Crippen molar-refractivity contribution in [3.05, 3.63) is 83.1 Å². The molecule has 13 nitrogen and oxygen atoms in total. The van der Waals surface area contributed by atoms with E-state index in [1.807, 2.05) is 0 Å². The van der Waals surface area contributed by atoms with Gasteiger partial charge in [-0.15, -0.1) is 0 Å². The number of aromatic hydroxyl groups is 5. The fourth-order valence-electron chi connectivity index (χ4n) is 4.52. The van der Waals surface area contributed by atoms with E-state index < -0.39 is 60.9 Å². The Labute approximate surface area is 244 Å². The lowest BCUT2D eigenvalue weighted by atomic mass is 9.98. The Morgan fingerprint density at radius 3 is 2.28 bits per heavy atom. The van der Waals surface area contributed by atoms with Crippen LogP contribution in [0.2, 0.25) is 0 Å². The molecular formula is C30H28O13. The van der Waals surface area contributed by atoms with Crippen molar-refractivity contribution < 1.29 is 64.6 Å². The maximum Gasteiger partial charge on any atom is 0.330 e. The number of aliphatic hydroxyl groups excluding tert-OH is 3. The zero-order valence-corrected chi connectivity index (χ0v) is 22.2. The summed E-state index contributed by atoms with van der Waals surface area (Å²) in [6.45, 7) is -0.530. The van der Waals surface area contributed by atoms with Crippen molar-refractivity contribution in [3.63, 3.8) is 0 Å². The lowest BCUT2D eigenvalue weighted by Gasteiger charge is -2.41. The van der Waals surface area contributed by atoms with E-state index in [0.717, 1.165) is 12.1 Å². The monoisotopic (exact) mass is 596 g/mol. The summed E-state index contributed by atoms with van der Waals surface area (Å²) in [4.78, 5) is 12.3. The minimum absolute atomic E-state index is 0.0492. The number of hydrogen-bond acceptors (Lipinski definition) is 13. The molecule has 8 N–H and O–H groups in total. The van der Waals surface area contributed by atoms with Gasteiger partial charge in [0.25, 0.3) is 0 Å². The Bertz CT molecular complexity index is 1550. The highest BCUT2D eigenvalue weighted by Gasteiger charge is 2.46. The van der Waals surface area contributed by atoms with Gasteiger partial charge in [-0.25, -0.2) is 4.79 Å². The first-order valence-corrected chi connectivity index (χ1v) is 13.0. The molecule has 2 heterocycles. The Morgan fingerprint density at radius 1 is 0.814 bits per heavy atom. The molecule has 2 aliphatic rings. The molecule has 0 radical (unpaired) electrons. The van der Waals surface area contributed by atoms with E-state index in [2.05, 4.69) is 0 Å². The van der Waals surface area contributed by atoms with Gasteiger partial charge in [-0.2, -0.15) is 0 Å². The number of carbonyl (C=O) groups is 1. The molecule has 0 saturated carbocycles. The van der Waals surface area contributed by atoms with Crippen molar-refractivity contribution >= 4 is 18.1 Å². The van der Waals surface area contributed by atoms with Crippen LogP contribution in [0.5, 0.6) is 34.5 Å². The molecule has 3 aromatic carbocycles. The first-order chi connectivity index (χ1) is 20.5. The van der Waals surface area contributed by atoms with Gasteiger partial charge in [-0.1, -0.05) is 18.2 Å². The predicted octanol–water partition coefficient (Wildman–Crippen LogP) is 1.77. The maximum atomic E-state index is 12.3. The summed E-state index contributed by atoms with van der Waals surface area (Å²) in [7, 11) is 0. The average molecular weight is 597 g/mol. The second-order valence-corrected chi connectivity index (χ2v) is 9.86. The summed E-state index contributed by atoms with van der Waals surface area (Å²) < 4.78 is 22.7. The third-order valence-electron chi connectivity index (χ3n) is 6.81. The largest absolute Gasteiger partial charge is 0.508 e.